The predicted molar refractivity (Wildman–Crippen MR) is 88.3 cm³/mol. The molecule has 0 bridgehead atoms. The SMILES string of the molecule is CCOC(=O)C1C(SC)=CNN1Cc1cc2c(cc1Cl)OCO2. The van der Waals surface area contributed by atoms with Gasteiger partial charge in [-0.3, -0.25) is 0 Å². The van der Waals surface area contributed by atoms with Crippen molar-refractivity contribution in [1.82, 2.24) is 10.4 Å². The van der Waals surface area contributed by atoms with Crippen molar-refractivity contribution in [2.45, 2.75) is 19.5 Å². The van der Waals surface area contributed by atoms with Gasteiger partial charge in [0, 0.05) is 28.7 Å². The van der Waals surface area contributed by atoms with Gasteiger partial charge in [0.2, 0.25) is 6.79 Å². The lowest BCUT2D eigenvalue weighted by Gasteiger charge is -2.25. The van der Waals surface area contributed by atoms with E-state index in [9.17, 15) is 4.79 Å². The Morgan fingerprint density at radius 1 is 1.48 bits per heavy atom. The Morgan fingerprint density at radius 2 is 2.22 bits per heavy atom. The van der Waals surface area contributed by atoms with Crippen molar-refractivity contribution in [2.75, 3.05) is 19.7 Å². The van der Waals surface area contributed by atoms with E-state index in [0.29, 0.717) is 29.7 Å². The molecule has 6 nitrogen and oxygen atoms in total. The molecule has 0 aromatic heterocycles. The van der Waals surface area contributed by atoms with Crippen molar-refractivity contribution in [3.8, 4) is 11.5 Å². The number of nitrogens with one attached hydrogen (secondary N) is 1. The van der Waals surface area contributed by atoms with Crippen molar-refractivity contribution < 1.29 is 19.0 Å². The van der Waals surface area contributed by atoms with Gasteiger partial charge in [0.05, 0.1) is 6.61 Å². The quantitative estimate of drug-likeness (QED) is 0.813. The van der Waals surface area contributed by atoms with E-state index in [1.165, 1.54) is 11.8 Å². The lowest BCUT2D eigenvalue weighted by Crippen LogP contribution is -2.43. The second-order valence-electron chi connectivity index (χ2n) is 4.96. The number of rotatable bonds is 5. The van der Waals surface area contributed by atoms with Crippen molar-refractivity contribution in [2.24, 2.45) is 0 Å². The molecule has 124 valence electrons. The summed E-state index contributed by atoms with van der Waals surface area (Å²) in [4.78, 5) is 13.2. The Kier molecular flexibility index (Phi) is 4.89. The van der Waals surface area contributed by atoms with Crippen LogP contribution in [-0.4, -0.2) is 36.7 Å². The summed E-state index contributed by atoms with van der Waals surface area (Å²) in [6.07, 6.45) is 3.74. The normalized spacial score (nSPS) is 19.4. The van der Waals surface area contributed by atoms with Crippen LogP contribution in [0.1, 0.15) is 12.5 Å². The lowest BCUT2D eigenvalue weighted by molar-refractivity contribution is -0.148. The van der Waals surface area contributed by atoms with Crippen LogP contribution in [0.5, 0.6) is 11.5 Å². The molecule has 2 aliphatic heterocycles. The Balaban J connectivity index is 1.80. The van der Waals surface area contributed by atoms with E-state index in [0.717, 1.165) is 10.5 Å². The van der Waals surface area contributed by atoms with Crippen molar-refractivity contribution >= 4 is 29.3 Å². The highest BCUT2D eigenvalue weighted by Gasteiger charge is 2.35. The van der Waals surface area contributed by atoms with Crippen LogP contribution in [0, 0.1) is 0 Å². The fraction of sp³-hybridized carbons (Fsp3) is 0.400. The number of hydrogen-bond acceptors (Lipinski definition) is 7. The smallest absolute Gasteiger partial charge is 0.330 e. The van der Waals surface area contributed by atoms with E-state index in [1.807, 2.05) is 18.5 Å². The van der Waals surface area contributed by atoms with Crippen LogP contribution >= 0.6 is 23.4 Å². The molecule has 23 heavy (non-hydrogen) atoms. The summed E-state index contributed by atoms with van der Waals surface area (Å²) in [5.41, 5.74) is 3.95. The fourth-order valence-corrected chi connectivity index (χ4v) is 3.32. The highest BCUT2D eigenvalue weighted by molar-refractivity contribution is 8.02. The summed E-state index contributed by atoms with van der Waals surface area (Å²) in [6.45, 7) is 2.76. The van der Waals surface area contributed by atoms with Gasteiger partial charge in [-0.05, 0) is 24.8 Å². The average Bonchev–Trinajstić information content (AvgIpc) is 3.14. The zero-order valence-corrected chi connectivity index (χ0v) is 14.4. The second-order valence-corrected chi connectivity index (χ2v) is 6.25. The first-order chi connectivity index (χ1) is 11.1. The number of ether oxygens (including phenoxy) is 3. The van der Waals surface area contributed by atoms with Crippen LogP contribution in [0.3, 0.4) is 0 Å². The van der Waals surface area contributed by atoms with Crippen LogP contribution in [0.4, 0.5) is 0 Å². The summed E-state index contributed by atoms with van der Waals surface area (Å²) >= 11 is 7.83. The number of benzene rings is 1. The number of thioether (sulfide) groups is 1. The molecular weight excluding hydrogens is 340 g/mol. The molecule has 3 rings (SSSR count). The number of carbonyl (C=O) groups excluding carboxylic acids is 1. The van der Waals surface area contributed by atoms with Gasteiger partial charge in [0.25, 0.3) is 0 Å². The summed E-state index contributed by atoms with van der Waals surface area (Å²) < 4.78 is 15.9. The topological polar surface area (TPSA) is 60.0 Å². The van der Waals surface area contributed by atoms with Crippen molar-refractivity contribution in [3.05, 3.63) is 33.8 Å². The standard InChI is InChI=1S/C15H17ClN2O4S/c1-3-20-15(19)14-13(23-2)6-17-18(14)7-9-4-11-12(5-10(9)16)22-8-21-11/h4-6,14,17H,3,7-8H2,1-2H3. The van der Waals surface area contributed by atoms with Gasteiger partial charge in [0.1, 0.15) is 0 Å². The molecule has 1 N–H and O–H groups in total. The van der Waals surface area contributed by atoms with Gasteiger partial charge in [-0.2, -0.15) is 0 Å². The first kappa shape index (κ1) is 16.3. The Hall–Kier alpha value is -1.57. The minimum atomic E-state index is -0.480. The maximum absolute atomic E-state index is 12.3. The van der Waals surface area contributed by atoms with E-state index in [4.69, 9.17) is 25.8 Å². The molecule has 0 aliphatic carbocycles. The maximum atomic E-state index is 12.3. The zero-order valence-electron chi connectivity index (χ0n) is 12.8. The molecule has 0 saturated carbocycles. The number of hydrazine groups is 1. The molecule has 2 heterocycles. The van der Waals surface area contributed by atoms with Crippen LogP contribution in [0.25, 0.3) is 0 Å². The van der Waals surface area contributed by atoms with Gasteiger partial charge in [-0.25, -0.2) is 9.80 Å². The van der Waals surface area contributed by atoms with E-state index in [1.54, 1.807) is 18.0 Å². The number of carbonyl (C=O) groups is 1. The van der Waals surface area contributed by atoms with Crippen LogP contribution < -0.4 is 14.9 Å². The molecule has 1 unspecified atom stereocenters. The summed E-state index contributed by atoms with van der Waals surface area (Å²) in [7, 11) is 0. The summed E-state index contributed by atoms with van der Waals surface area (Å²) in [5.74, 6) is 1.02. The minimum Gasteiger partial charge on any atom is -0.464 e. The van der Waals surface area contributed by atoms with Crippen molar-refractivity contribution in [1.29, 1.82) is 0 Å². The van der Waals surface area contributed by atoms with Crippen LogP contribution in [0.2, 0.25) is 5.02 Å². The van der Waals surface area contributed by atoms with Crippen LogP contribution in [-0.2, 0) is 16.1 Å². The molecule has 0 saturated heterocycles. The summed E-state index contributed by atoms with van der Waals surface area (Å²) in [6, 6.07) is 3.09. The molecule has 0 amide bonds. The molecule has 1 aromatic carbocycles. The zero-order chi connectivity index (χ0) is 16.4. The highest BCUT2D eigenvalue weighted by Crippen LogP contribution is 2.38. The third-order valence-corrected chi connectivity index (χ3v) is 4.75. The van der Waals surface area contributed by atoms with Gasteiger partial charge in [-0.1, -0.05) is 11.6 Å². The van der Waals surface area contributed by atoms with Gasteiger partial charge >= 0.3 is 5.97 Å². The lowest BCUT2D eigenvalue weighted by atomic mass is 10.1. The first-order valence-electron chi connectivity index (χ1n) is 7.15. The predicted octanol–water partition coefficient (Wildman–Crippen LogP) is 2.53. The average molecular weight is 357 g/mol. The van der Waals surface area contributed by atoms with Gasteiger partial charge in [-0.15, -0.1) is 11.8 Å². The van der Waals surface area contributed by atoms with Gasteiger partial charge in [0.15, 0.2) is 17.5 Å². The summed E-state index contributed by atoms with van der Waals surface area (Å²) in [5, 5.41) is 2.36. The number of hydrogen-bond donors (Lipinski definition) is 1. The Morgan fingerprint density at radius 3 is 2.91 bits per heavy atom. The highest BCUT2D eigenvalue weighted by atomic mass is 35.5. The molecule has 0 spiro atoms. The van der Waals surface area contributed by atoms with E-state index in [2.05, 4.69) is 5.43 Å². The number of fused-ring (bicyclic) bond motifs is 1. The number of halogens is 1. The Labute approximate surface area is 143 Å². The molecule has 1 aromatic rings. The van der Waals surface area contributed by atoms with E-state index >= 15 is 0 Å². The third-order valence-electron chi connectivity index (χ3n) is 3.58. The van der Waals surface area contributed by atoms with Crippen molar-refractivity contribution in [3.63, 3.8) is 0 Å². The molecule has 1 atom stereocenters. The number of nitrogens with zero attached hydrogens (tertiary/aromatic N) is 1. The molecule has 2 aliphatic rings. The molecular formula is C15H17ClN2O4S. The maximum Gasteiger partial charge on any atom is 0.330 e. The fourth-order valence-electron chi connectivity index (χ4n) is 2.49. The molecule has 0 radical (unpaired) electrons. The third kappa shape index (κ3) is 3.22. The Bertz CT molecular complexity index is 653. The second kappa shape index (κ2) is 6.90. The number of esters is 1. The van der Waals surface area contributed by atoms with E-state index in [-0.39, 0.29) is 12.8 Å². The largest absolute Gasteiger partial charge is 0.464 e. The van der Waals surface area contributed by atoms with E-state index < -0.39 is 6.04 Å². The molecule has 0 fully saturated rings. The van der Waals surface area contributed by atoms with Crippen LogP contribution in [0.15, 0.2) is 23.2 Å². The molecule has 8 heteroatoms. The minimum absolute atomic E-state index is 0.195. The first-order valence-corrected chi connectivity index (χ1v) is 8.75. The monoisotopic (exact) mass is 356 g/mol. The van der Waals surface area contributed by atoms with Gasteiger partial charge < -0.3 is 19.6 Å².